The Hall–Kier alpha value is -5.82. The molecule has 13 heteroatoms. The maximum Gasteiger partial charge on any atom is 0.355 e. The number of benzene rings is 3. The van der Waals surface area contributed by atoms with E-state index in [1.165, 1.54) is 12.1 Å². The van der Waals surface area contributed by atoms with Gasteiger partial charge < -0.3 is 18.8 Å². The number of ether oxygens (including phenoxy) is 3. The van der Waals surface area contributed by atoms with Crippen LogP contribution in [0.25, 0.3) is 22.3 Å². The number of fused-ring (bicyclic) bond motifs is 5. The number of nitrogens with one attached hydrogen (secondary N) is 1. The predicted octanol–water partition coefficient (Wildman–Crippen LogP) is 5.98. The van der Waals surface area contributed by atoms with Crippen molar-refractivity contribution in [2.45, 2.75) is 76.6 Å². The molecule has 12 nitrogen and oxygen atoms in total. The zero-order valence-electron chi connectivity index (χ0n) is 31.3. The summed E-state index contributed by atoms with van der Waals surface area (Å²) in [7, 11) is -2.58. The molecule has 2 aliphatic rings. The quantitative estimate of drug-likeness (QED) is 0.0954. The van der Waals surface area contributed by atoms with Crippen molar-refractivity contribution in [2.24, 2.45) is 10.9 Å². The summed E-state index contributed by atoms with van der Waals surface area (Å²) in [6, 6.07) is 23.6. The number of carbonyl (C=O) groups excluding carboxylic acids is 2. The van der Waals surface area contributed by atoms with Gasteiger partial charge in [-0.05, 0) is 67.3 Å². The van der Waals surface area contributed by atoms with Gasteiger partial charge in [-0.15, -0.1) is 0 Å². The number of esters is 2. The van der Waals surface area contributed by atoms with E-state index >= 15 is 0 Å². The van der Waals surface area contributed by atoms with E-state index in [0.29, 0.717) is 35.7 Å². The standard InChI is InChI=1S/C42H42N4O8S/c1-6-26(4)37(44-36(20-27-14-16-30(52-5)17-15-27)45-55(50,51)31-18-12-25(3)13-19-31)40(48)54-42(7-2)33-22-35-38-29(21-28-10-8-9-11-34(28)43-38)23-46(35)39(47)32(33)24-53-41(42)49/h8-19,21-22,26,37H,6-7,20,23-24H2,1-5H3,(H,44,45)/t26?,37?,42-/m0/s1. The van der Waals surface area contributed by atoms with Crippen molar-refractivity contribution in [1.29, 1.82) is 0 Å². The van der Waals surface area contributed by atoms with Gasteiger partial charge in [0, 0.05) is 22.9 Å². The molecule has 0 bridgehead atoms. The number of hydrogen-bond donors (Lipinski definition) is 1. The van der Waals surface area contributed by atoms with Crippen LogP contribution >= 0.6 is 0 Å². The van der Waals surface area contributed by atoms with Crippen molar-refractivity contribution in [3.8, 4) is 17.1 Å². The molecular formula is C42H42N4O8S. The lowest BCUT2D eigenvalue weighted by molar-refractivity contribution is -0.190. The summed E-state index contributed by atoms with van der Waals surface area (Å²) >= 11 is 0. The van der Waals surface area contributed by atoms with Crippen molar-refractivity contribution in [3.05, 3.63) is 123 Å². The molecule has 0 saturated carbocycles. The van der Waals surface area contributed by atoms with E-state index in [9.17, 15) is 22.8 Å². The van der Waals surface area contributed by atoms with Crippen LogP contribution in [0.4, 0.5) is 0 Å². The minimum atomic E-state index is -4.13. The van der Waals surface area contributed by atoms with Crippen LogP contribution < -0.4 is 15.0 Å². The topological polar surface area (TPSA) is 155 Å². The Balaban J connectivity index is 1.29. The number of pyridine rings is 2. The highest BCUT2D eigenvalue weighted by Gasteiger charge is 2.51. The van der Waals surface area contributed by atoms with Crippen LogP contribution in [0.1, 0.15) is 61.4 Å². The van der Waals surface area contributed by atoms with Crippen LogP contribution in [0.2, 0.25) is 0 Å². The monoisotopic (exact) mass is 762 g/mol. The van der Waals surface area contributed by atoms with Gasteiger partial charge in [0.05, 0.1) is 41.0 Å². The second-order valence-electron chi connectivity index (χ2n) is 14.0. The first-order valence-electron chi connectivity index (χ1n) is 18.2. The van der Waals surface area contributed by atoms with E-state index < -0.39 is 39.5 Å². The van der Waals surface area contributed by atoms with Gasteiger partial charge in [0.1, 0.15) is 18.2 Å². The first-order chi connectivity index (χ1) is 26.4. The molecule has 55 heavy (non-hydrogen) atoms. The molecule has 4 heterocycles. The first kappa shape index (κ1) is 37.5. The average Bonchev–Trinajstić information content (AvgIpc) is 3.54. The minimum Gasteiger partial charge on any atom is -0.497 e. The number of hydrogen-bond acceptors (Lipinski definition) is 10. The number of rotatable bonds is 11. The van der Waals surface area contributed by atoms with Gasteiger partial charge in [-0.3, -0.25) is 14.5 Å². The summed E-state index contributed by atoms with van der Waals surface area (Å²) in [5, 5.41) is 0.936. The van der Waals surface area contributed by atoms with E-state index in [0.717, 1.165) is 22.0 Å². The summed E-state index contributed by atoms with van der Waals surface area (Å²) in [6.07, 6.45) is 0.444. The van der Waals surface area contributed by atoms with Gasteiger partial charge in [0.2, 0.25) is 5.60 Å². The normalized spacial score (nSPS) is 17.4. The number of para-hydroxylation sites is 1. The van der Waals surface area contributed by atoms with Crippen LogP contribution in [-0.2, 0) is 54.3 Å². The summed E-state index contributed by atoms with van der Waals surface area (Å²) in [4.78, 5) is 52.1. The Morgan fingerprint density at radius 1 is 1.04 bits per heavy atom. The zero-order chi connectivity index (χ0) is 39.1. The van der Waals surface area contributed by atoms with Gasteiger partial charge >= 0.3 is 11.9 Å². The molecule has 0 amide bonds. The largest absolute Gasteiger partial charge is 0.497 e. The molecule has 2 unspecified atom stereocenters. The van der Waals surface area contributed by atoms with Gasteiger partial charge in [0.15, 0.2) is 6.04 Å². The van der Waals surface area contributed by atoms with E-state index in [1.54, 1.807) is 68.0 Å². The number of nitrogens with zero attached hydrogens (tertiary/aromatic N) is 3. The van der Waals surface area contributed by atoms with Crippen LogP contribution in [0.15, 0.2) is 99.6 Å². The average molecular weight is 763 g/mol. The molecule has 5 aromatic rings. The maximum absolute atomic E-state index is 14.5. The third-order valence-corrected chi connectivity index (χ3v) is 11.9. The van der Waals surface area contributed by atoms with Gasteiger partial charge in [0.25, 0.3) is 15.6 Å². The molecule has 1 N–H and O–H groups in total. The second kappa shape index (κ2) is 14.8. The third kappa shape index (κ3) is 7.00. The summed E-state index contributed by atoms with van der Waals surface area (Å²) in [5.74, 6) is -1.52. The molecule has 3 atom stereocenters. The van der Waals surface area contributed by atoms with E-state index in [-0.39, 0.29) is 46.9 Å². The predicted molar refractivity (Wildman–Crippen MR) is 207 cm³/mol. The highest BCUT2D eigenvalue weighted by Crippen LogP contribution is 2.41. The Bertz CT molecular complexity index is 2510. The number of aromatic nitrogens is 2. The number of aliphatic imine (C=N–C) groups is 1. The number of sulfonamides is 1. The molecule has 2 aliphatic heterocycles. The fourth-order valence-electron chi connectivity index (χ4n) is 7.09. The van der Waals surface area contributed by atoms with E-state index in [1.807, 2.05) is 44.2 Å². The minimum absolute atomic E-state index is 0.00358. The molecule has 0 spiro atoms. The summed E-state index contributed by atoms with van der Waals surface area (Å²) in [5.41, 5.74) is 2.44. The van der Waals surface area contributed by atoms with Crippen LogP contribution in [0.5, 0.6) is 5.75 Å². The lowest BCUT2D eigenvalue weighted by Crippen LogP contribution is -2.49. The maximum atomic E-state index is 14.5. The smallest absolute Gasteiger partial charge is 0.355 e. The molecule has 0 aliphatic carbocycles. The van der Waals surface area contributed by atoms with Gasteiger partial charge in [-0.2, -0.15) is 0 Å². The molecule has 0 radical (unpaired) electrons. The van der Waals surface area contributed by atoms with Crippen LogP contribution in [0.3, 0.4) is 0 Å². The molecule has 2 aromatic heterocycles. The van der Waals surface area contributed by atoms with Gasteiger partial charge in [-0.1, -0.05) is 75.2 Å². The molecular weight excluding hydrogens is 721 g/mol. The fraction of sp³-hybridized carbons (Fsp3) is 0.310. The molecule has 284 valence electrons. The number of carbonyl (C=O) groups is 2. The SMILES string of the molecule is CCC(C)C(N=C(Cc1ccc(OC)cc1)NS(=O)(=O)c1ccc(C)cc1)C(=O)O[C@]1(CC)C(=O)OCc2c1cc1n(c2=O)Cc2cc3ccccc3nc2-1. The molecule has 0 saturated heterocycles. The highest BCUT2D eigenvalue weighted by atomic mass is 32.2. The Kier molecular flexibility index (Phi) is 10.1. The molecule has 3 aromatic carbocycles. The Labute approximate surface area is 319 Å². The summed E-state index contributed by atoms with van der Waals surface area (Å²) < 4.78 is 48.7. The number of amidine groups is 1. The lowest BCUT2D eigenvalue weighted by atomic mass is 9.85. The zero-order valence-corrected chi connectivity index (χ0v) is 32.1. The summed E-state index contributed by atoms with van der Waals surface area (Å²) in [6.45, 7) is 7.22. The fourth-order valence-corrected chi connectivity index (χ4v) is 8.14. The number of aryl methyl sites for hydroxylation is 1. The lowest BCUT2D eigenvalue weighted by Gasteiger charge is -2.36. The van der Waals surface area contributed by atoms with Crippen molar-refractivity contribution >= 4 is 38.7 Å². The number of cyclic esters (lactones) is 1. The number of methoxy groups -OCH3 is 1. The van der Waals surface area contributed by atoms with Crippen molar-refractivity contribution in [1.82, 2.24) is 14.3 Å². The third-order valence-electron chi connectivity index (χ3n) is 10.5. The van der Waals surface area contributed by atoms with Crippen molar-refractivity contribution in [3.63, 3.8) is 0 Å². The molecule has 7 rings (SSSR count). The Morgan fingerprint density at radius 3 is 2.45 bits per heavy atom. The Morgan fingerprint density at radius 2 is 1.76 bits per heavy atom. The first-order valence-corrected chi connectivity index (χ1v) is 19.7. The van der Waals surface area contributed by atoms with Crippen LogP contribution in [0, 0.1) is 12.8 Å². The molecule has 0 fully saturated rings. The van der Waals surface area contributed by atoms with E-state index in [4.69, 9.17) is 24.2 Å². The van der Waals surface area contributed by atoms with Crippen molar-refractivity contribution < 1.29 is 32.2 Å². The van der Waals surface area contributed by atoms with Crippen LogP contribution in [-0.4, -0.2) is 48.9 Å². The van der Waals surface area contributed by atoms with E-state index in [2.05, 4.69) is 4.72 Å². The second-order valence-corrected chi connectivity index (χ2v) is 15.7. The van der Waals surface area contributed by atoms with Gasteiger partial charge in [-0.25, -0.2) is 23.0 Å². The highest BCUT2D eigenvalue weighted by molar-refractivity contribution is 7.90. The van der Waals surface area contributed by atoms with Crippen molar-refractivity contribution in [2.75, 3.05) is 7.11 Å².